The Balaban J connectivity index is 2.03. The van der Waals surface area contributed by atoms with Gasteiger partial charge in [0.2, 0.25) is 11.8 Å². The molecule has 0 radical (unpaired) electrons. The summed E-state index contributed by atoms with van der Waals surface area (Å²) in [7, 11) is 0. The topological polar surface area (TPSA) is 66.5 Å². The van der Waals surface area contributed by atoms with E-state index in [1.54, 1.807) is 11.4 Å². The van der Waals surface area contributed by atoms with Crippen molar-refractivity contribution in [2.75, 3.05) is 23.5 Å². The molecule has 1 saturated heterocycles. The summed E-state index contributed by atoms with van der Waals surface area (Å²) in [6, 6.07) is 1.73. The van der Waals surface area contributed by atoms with Gasteiger partial charge >= 0.3 is 0 Å². The minimum absolute atomic E-state index is 0.00754. The number of Topliss-reactive ketones (excluding diaryl/α,β-unsaturated/α-hetero) is 1. The van der Waals surface area contributed by atoms with Gasteiger partial charge in [-0.15, -0.1) is 23.1 Å². The van der Waals surface area contributed by atoms with Gasteiger partial charge in [0.1, 0.15) is 11.5 Å². The van der Waals surface area contributed by atoms with Crippen LogP contribution in [0.1, 0.15) is 31.1 Å². The van der Waals surface area contributed by atoms with Gasteiger partial charge in [-0.25, -0.2) is 0 Å². The molecule has 1 aromatic heterocycles. The zero-order valence-electron chi connectivity index (χ0n) is 12.3. The van der Waals surface area contributed by atoms with E-state index in [-0.39, 0.29) is 24.1 Å². The molecule has 2 heterocycles. The molecular weight excluding hydrogens is 308 g/mol. The molecule has 2 rings (SSSR count). The third-order valence-corrected chi connectivity index (χ3v) is 4.78. The highest BCUT2D eigenvalue weighted by molar-refractivity contribution is 8.00. The number of hydrogen-bond acceptors (Lipinski definition) is 5. The molecule has 1 aliphatic rings. The Kier molecular flexibility index (Phi) is 4.73. The molecule has 1 N–H and O–H groups in total. The molecule has 0 atom stereocenters. The molecule has 0 unspecified atom stereocenters. The van der Waals surface area contributed by atoms with E-state index >= 15 is 0 Å². The molecule has 1 aliphatic heterocycles. The number of carbonyl (C=O) groups is 3. The first-order valence-electron chi connectivity index (χ1n) is 6.56. The van der Waals surface area contributed by atoms with Gasteiger partial charge in [-0.3, -0.25) is 14.4 Å². The molecule has 21 heavy (non-hydrogen) atoms. The Hall–Kier alpha value is -1.34. The second-order valence-electron chi connectivity index (χ2n) is 5.86. The summed E-state index contributed by atoms with van der Waals surface area (Å²) < 4.78 is 0. The largest absolute Gasteiger partial charge is 0.323 e. The van der Waals surface area contributed by atoms with E-state index in [9.17, 15) is 14.4 Å². The lowest BCUT2D eigenvalue weighted by Gasteiger charge is -2.18. The molecular formula is C14H18N2O3S2. The normalized spacial score (nSPS) is 15.4. The SMILES string of the molecule is CC(C)(C)C(=O)c1ccsc1NC(=O)CN1CSCC1=O. The van der Waals surface area contributed by atoms with Crippen LogP contribution in [0.4, 0.5) is 5.00 Å². The predicted octanol–water partition coefficient (Wildman–Crippen LogP) is 2.45. The number of anilines is 1. The highest BCUT2D eigenvalue weighted by atomic mass is 32.2. The molecule has 0 spiro atoms. The van der Waals surface area contributed by atoms with E-state index < -0.39 is 5.41 Å². The number of nitrogens with zero attached hydrogens (tertiary/aromatic N) is 1. The van der Waals surface area contributed by atoms with Crippen molar-refractivity contribution in [2.45, 2.75) is 20.8 Å². The van der Waals surface area contributed by atoms with Crippen molar-refractivity contribution < 1.29 is 14.4 Å². The summed E-state index contributed by atoms with van der Waals surface area (Å²) in [5.74, 6) is 0.681. The number of nitrogens with one attached hydrogen (secondary N) is 1. The number of thiophene rings is 1. The zero-order valence-corrected chi connectivity index (χ0v) is 13.9. The van der Waals surface area contributed by atoms with Gasteiger partial charge in [0.05, 0.1) is 17.2 Å². The van der Waals surface area contributed by atoms with E-state index in [2.05, 4.69) is 5.32 Å². The summed E-state index contributed by atoms with van der Waals surface area (Å²) in [5.41, 5.74) is 0.0326. The van der Waals surface area contributed by atoms with E-state index in [1.807, 2.05) is 20.8 Å². The van der Waals surface area contributed by atoms with E-state index in [4.69, 9.17) is 0 Å². The molecule has 114 valence electrons. The highest BCUT2D eigenvalue weighted by Crippen LogP contribution is 2.30. The maximum atomic E-state index is 12.3. The van der Waals surface area contributed by atoms with E-state index in [0.29, 0.717) is 22.2 Å². The molecule has 5 nitrogen and oxygen atoms in total. The lowest BCUT2D eigenvalue weighted by Crippen LogP contribution is -2.34. The number of carbonyl (C=O) groups excluding carboxylic acids is 3. The Bertz CT molecular complexity index is 575. The first kappa shape index (κ1) is 16.0. The third-order valence-electron chi connectivity index (χ3n) is 3.00. The monoisotopic (exact) mass is 326 g/mol. The van der Waals surface area contributed by atoms with Crippen LogP contribution in [0, 0.1) is 5.41 Å². The van der Waals surface area contributed by atoms with Gasteiger partial charge in [-0.1, -0.05) is 20.8 Å². The van der Waals surface area contributed by atoms with Crippen LogP contribution in [0.25, 0.3) is 0 Å². The Morgan fingerprint density at radius 2 is 2.10 bits per heavy atom. The lowest BCUT2D eigenvalue weighted by molar-refractivity contribution is -0.130. The molecule has 7 heteroatoms. The standard InChI is InChI=1S/C14H18N2O3S2/c1-14(2,3)12(19)9-4-5-21-13(9)15-10(17)6-16-8-20-7-11(16)18/h4-5H,6-8H2,1-3H3,(H,15,17). The molecule has 1 aromatic rings. The Labute approximate surface area is 132 Å². The minimum Gasteiger partial charge on any atom is -0.323 e. The lowest BCUT2D eigenvalue weighted by atomic mass is 9.87. The fourth-order valence-corrected chi connectivity index (χ4v) is 3.57. The van der Waals surface area contributed by atoms with Gasteiger partial charge < -0.3 is 10.2 Å². The average molecular weight is 326 g/mol. The van der Waals surface area contributed by atoms with Crippen LogP contribution < -0.4 is 5.32 Å². The first-order chi connectivity index (χ1) is 9.79. The van der Waals surface area contributed by atoms with Gasteiger partial charge in [0.15, 0.2) is 5.78 Å². The quantitative estimate of drug-likeness (QED) is 0.863. The molecule has 0 saturated carbocycles. The summed E-state index contributed by atoms with van der Waals surface area (Å²) in [5, 5.41) is 5.08. The van der Waals surface area contributed by atoms with E-state index in [0.717, 1.165) is 0 Å². The van der Waals surface area contributed by atoms with Gasteiger partial charge in [0, 0.05) is 5.41 Å². The maximum absolute atomic E-state index is 12.3. The van der Waals surface area contributed by atoms with Gasteiger partial charge in [-0.05, 0) is 11.4 Å². The fourth-order valence-electron chi connectivity index (χ4n) is 1.87. The number of ketones is 1. The number of rotatable bonds is 4. The van der Waals surface area contributed by atoms with Crippen LogP contribution in [0.15, 0.2) is 11.4 Å². The molecule has 0 bridgehead atoms. The second kappa shape index (κ2) is 6.19. The Morgan fingerprint density at radius 1 is 1.38 bits per heavy atom. The van der Waals surface area contributed by atoms with E-state index in [1.165, 1.54) is 28.0 Å². The third kappa shape index (κ3) is 3.85. The number of thioether (sulfide) groups is 1. The van der Waals surface area contributed by atoms with Crippen LogP contribution in [0.3, 0.4) is 0 Å². The molecule has 2 amide bonds. The zero-order chi connectivity index (χ0) is 15.6. The molecule has 0 aromatic carbocycles. The van der Waals surface area contributed by atoms with Crippen LogP contribution in [-0.2, 0) is 9.59 Å². The van der Waals surface area contributed by atoms with Crippen molar-refractivity contribution in [3.8, 4) is 0 Å². The van der Waals surface area contributed by atoms with Crippen LogP contribution in [-0.4, -0.2) is 40.7 Å². The van der Waals surface area contributed by atoms with Crippen molar-refractivity contribution in [3.05, 3.63) is 17.0 Å². The van der Waals surface area contributed by atoms with Crippen molar-refractivity contribution in [2.24, 2.45) is 5.41 Å². The van der Waals surface area contributed by atoms with Crippen molar-refractivity contribution in [3.63, 3.8) is 0 Å². The predicted molar refractivity (Wildman–Crippen MR) is 85.8 cm³/mol. The van der Waals surface area contributed by atoms with Gasteiger partial charge in [0.25, 0.3) is 0 Å². The second-order valence-corrected chi connectivity index (χ2v) is 7.73. The fraction of sp³-hybridized carbons (Fsp3) is 0.500. The maximum Gasteiger partial charge on any atom is 0.244 e. The average Bonchev–Trinajstić information content (AvgIpc) is 2.97. The minimum atomic E-state index is -0.498. The Morgan fingerprint density at radius 3 is 2.67 bits per heavy atom. The summed E-state index contributed by atoms with van der Waals surface area (Å²) >= 11 is 2.82. The summed E-state index contributed by atoms with van der Waals surface area (Å²) in [6.45, 7) is 5.57. The van der Waals surface area contributed by atoms with Crippen LogP contribution >= 0.6 is 23.1 Å². The summed E-state index contributed by atoms with van der Waals surface area (Å²) in [6.07, 6.45) is 0. The highest BCUT2D eigenvalue weighted by Gasteiger charge is 2.27. The van der Waals surface area contributed by atoms with Crippen molar-refractivity contribution in [1.29, 1.82) is 0 Å². The van der Waals surface area contributed by atoms with Crippen LogP contribution in [0.5, 0.6) is 0 Å². The first-order valence-corrected chi connectivity index (χ1v) is 8.60. The number of hydrogen-bond donors (Lipinski definition) is 1. The van der Waals surface area contributed by atoms with Gasteiger partial charge in [-0.2, -0.15) is 0 Å². The molecule has 1 fully saturated rings. The number of amides is 2. The molecule has 0 aliphatic carbocycles. The summed E-state index contributed by atoms with van der Waals surface area (Å²) in [4.78, 5) is 37.3. The van der Waals surface area contributed by atoms with Crippen LogP contribution in [0.2, 0.25) is 0 Å². The van der Waals surface area contributed by atoms with Crippen molar-refractivity contribution >= 4 is 45.7 Å². The smallest absolute Gasteiger partial charge is 0.244 e. The van der Waals surface area contributed by atoms with Crippen molar-refractivity contribution in [1.82, 2.24) is 4.90 Å².